The van der Waals surface area contributed by atoms with Gasteiger partial charge in [0, 0.05) is 17.9 Å². The van der Waals surface area contributed by atoms with Gasteiger partial charge in [0.25, 0.3) is 5.91 Å². The number of benzene rings is 2. The number of amides is 1. The van der Waals surface area contributed by atoms with Crippen molar-refractivity contribution in [3.63, 3.8) is 0 Å². The first-order valence-electron chi connectivity index (χ1n) is 9.96. The lowest BCUT2D eigenvalue weighted by Crippen LogP contribution is -2.36. The van der Waals surface area contributed by atoms with Gasteiger partial charge in [0.15, 0.2) is 0 Å². The van der Waals surface area contributed by atoms with Crippen LogP contribution in [0.4, 0.5) is 5.69 Å². The summed E-state index contributed by atoms with van der Waals surface area (Å²) in [5.41, 5.74) is 3.73. The van der Waals surface area contributed by atoms with Gasteiger partial charge in [-0.25, -0.2) is 9.79 Å². The monoisotopic (exact) mass is 409 g/mol. The van der Waals surface area contributed by atoms with Gasteiger partial charge in [0.05, 0.1) is 25.3 Å². The highest BCUT2D eigenvalue weighted by molar-refractivity contribution is 6.10. The number of anilines is 1. The fraction of sp³-hybridized carbons (Fsp3) is 0.348. The molecule has 1 aliphatic rings. The molecule has 7 nitrogen and oxygen atoms in total. The first kappa shape index (κ1) is 21.5. The van der Waals surface area contributed by atoms with Crippen LogP contribution < -0.4 is 10.6 Å². The van der Waals surface area contributed by atoms with Crippen LogP contribution in [0, 0.1) is 13.8 Å². The summed E-state index contributed by atoms with van der Waals surface area (Å²) in [6.07, 6.45) is 2.00. The number of esters is 1. The van der Waals surface area contributed by atoms with E-state index in [0.29, 0.717) is 29.3 Å². The summed E-state index contributed by atoms with van der Waals surface area (Å²) in [5, 5.41) is 5.95. The second-order valence-electron chi connectivity index (χ2n) is 7.27. The minimum absolute atomic E-state index is 0.0433. The Kier molecular flexibility index (Phi) is 7.19. The molecular weight excluding hydrogens is 382 g/mol. The largest absolute Gasteiger partial charge is 0.465 e. The number of carbonyl (C=O) groups excluding carboxylic acids is 2. The van der Waals surface area contributed by atoms with Gasteiger partial charge in [-0.1, -0.05) is 12.1 Å². The van der Waals surface area contributed by atoms with Crippen LogP contribution >= 0.6 is 0 Å². The van der Waals surface area contributed by atoms with Crippen LogP contribution in [-0.4, -0.2) is 44.2 Å². The molecule has 1 heterocycles. The van der Waals surface area contributed by atoms with Gasteiger partial charge < -0.3 is 14.8 Å². The molecule has 158 valence electrons. The lowest BCUT2D eigenvalue weighted by atomic mass is 10.1. The molecule has 1 amide bonds. The fourth-order valence-electron chi connectivity index (χ4n) is 3.13. The van der Waals surface area contributed by atoms with Crippen molar-refractivity contribution in [2.24, 2.45) is 4.99 Å². The van der Waals surface area contributed by atoms with E-state index in [4.69, 9.17) is 9.47 Å². The van der Waals surface area contributed by atoms with Crippen molar-refractivity contribution in [2.45, 2.75) is 32.8 Å². The van der Waals surface area contributed by atoms with Gasteiger partial charge in [-0.15, -0.1) is 0 Å². The van der Waals surface area contributed by atoms with E-state index in [1.807, 2.05) is 26.0 Å². The van der Waals surface area contributed by atoms with E-state index in [-0.39, 0.29) is 12.0 Å². The molecule has 2 N–H and O–H groups in total. The Bertz CT molecular complexity index is 949. The summed E-state index contributed by atoms with van der Waals surface area (Å²) in [5.74, 6) is -0.396. The van der Waals surface area contributed by atoms with Crippen molar-refractivity contribution in [3.8, 4) is 0 Å². The number of nitrogens with one attached hydrogen (secondary N) is 2. The van der Waals surface area contributed by atoms with Crippen LogP contribution in [0.15, 0.2) is 47.5 Å². The van der Waals surface area contributed by atoms with Crippen LogP contribution in [0.3, 0.4) is 0 Å². The maximum absolute atomic E-state index is 12.8. The van der Waals surface area contributed by atoms with E-state index in [0.717, 1.165) is 30.6 Å². The molecule has 3 rings (SSSR count). The third kappa shape index (κ3) is 5.67. The molecule has 0 radical (unpaired) electrons. The number of ether oxygens (including phenoxy) is 2. The van der Waals surface area contributed by atoms with Crippen molar-refractivity contribution in [2.75, 3.05) is 25.6 Å². The normalized spacial score (nSPS) is 16.2. The zero-order chi connectivity index (χ0) is 21.5. The first-order chi connectivity index (χ1) is 14.5. The number of aryl methyl sites for hydroxylation is 2. The number of carbonyl (C=O) groups is 2. The van der Waals surface area contributed by atoms with E-state index in [1.165, 1.54) is 7.11 Å². The molecule has 0 aromatic heterocycles. The van der Waals surface area contributed by atoms with Crippen molar-refractivity contribution < 1.29 is 19.1 Å². The summed E-state index contributed by atoms with van der Waals surface area (Å²) in [6, 6.07) is 12.4. The third-order valence-electron chi connectivity index (χ3n) is 5.02. The molecule has 2 aromatic carbocycles. The molecule has 0 bridgehead atoms. The molecule has 1 atom stereocenters. The second kappa shape index (κ2) is 10.0. The van der Waals surface area contributed by atoms with Gasteiger partial charge in [-0.2, -0.15) is 0 Å². The van der Waals surface area contributed by atoms with E-state index < -0.39 is 5.97 Å². The second-order valence-corrected chi connectivity index (χ2v) is 7.27. The average Bonchev–Trinajstić information content (AvgIpc) is 3.27. The average molecular weight is 409 g/mol. The molecule has 0 saturated carbocycles. The van der Waals surface area contributed by atoms with Crippen molar-refractivity contribution in [3.05, 3.63) is 64.7 Å². The highest BCUT2D eigenvalue weighted by atomic mass is 16.5. The summed E-state index contributed by atoms with van der Waals surface area (Å²) in [4.78, 5) is 29.1. The Hall–Kier alpha value is -3.19. The Labute approximate surface area is 176 Å². The molecule has 7 heteroatoms. The van der Waals surface area contributed by atoms with Crippen LogP contribution in [0.1, 0.15) is 44.7 Å². The molecule has 2 aromatic rings. The van der Waals surface area contributed by atoms with E-state index in [2.05, 4.69) is 15.6 Å². The first-order valence-corrected chi connectivity index (χ1v) is 9.96. The van der Waals surface area contributed by atoms with Gasteiger partial charge in [0.2, 0.25) is 5.96 Å². The Balaban J connectivity index is 1.79. The molecule has 0 spiro atoms. The van der Waals surface area contributed by atoms with Crippen molar-refractivity contribution in [1.82, 2.24) is 5.32 Å². The van der Waals surface area contributed by atoms with E-state index in [9.17, 15) is 9.59 Å². The predicted octanol–water partition coefficient (Wildman–Crippen LogP) is 3.47. The van der Waals surface area contributed by atoms with Gasteiger partial charge in [0.1, 0.15) is 0 Å². The molecule has 1 saturated heterocycles. The SMILES string of the molecule is COC(=O)c1cccc(NC(=NCC2CCCO2)NC(=O)c2ccc(C)c(C)c2)c1. The van der Waals surface area contributed by atoms with Crippen molar-refractivity contribution in [1.29, 1.82) is 0 Å². The van der Waals surface area contributed by atoms with Gasteiger partial charge in [-0.3, -0.25) is 10.1 Å². The minimum atomic E-state index is -0.435. The lowest BCUT2D eigenvalue weighted by molar-refractivity contribution is 0.0600. The molecule has 1 fully saturated rings. The Morgan fingerprint density at radius 3 is 2.67 bits per heavy atom. The molecule has 1 unspecified atom stereocenters. The standard InChI is InChI=1S/C23H27N3O4/c1-15-9-10-17(12-16(15)2)21(27)26-23(24-14-20-8-5-11-30-20)25-19-7-4-6-18(13-19)22(28)29-3/h4,6-7,9-10,12-13,20H,5,8,11,14H2,1-3H3,(H2,24,25,26,27). The van der Waals surface area contributed by atoms with E-state index in [1.54, 1.807) is 30.3 Å². The van der Waals surface area contributed by atoms with E-state index >= 15 is 0 Å². The quantitative estimate of drug-likeness (QED) is 0.448. The van der Waals surface area contributed by atoms with Crippen molar-refractivity contribution >= 4 is 23.5 Å². The smallest absolute Gasteiger partial charge is 0.337 e. The number of nitrogens with zero attached hydrogens (tertiary/aromatic N) is 1. The van der Waals surface area contributed by atoms with Crippen LogP contribution in [0.5, 0.6) is 0 Å². The van der Waals surface area contributed by atoms with Gasteiger partial charge in [-0.05, 0) is 68.1 Å². The Morgan fingerprint density at radius 2 is 1.97 bits per heavy atom. The highest BCUT2D eigenvalue weighted by Gasteiger charge is 2.16. The number of aliphatic imine (C=N–C) groups is 1. The number of rotatable bonds is 5. The molecule has 1 aliphatic heterocycles. The topological polar surface area (TPSA) is 89.0 Å². The summed E-state index contributed by atoms with van der Waals surface area (Å²) >= 11 is 0. The number of guanidine groups is 1. The highest BCUT2D eigenvalue weighted by Crippen LogP contribution is 2.14. The predicted molar refractivity (Wildman–Crippen MR) is 116 cm³/mol. The lowest BCUT2D eigenvalue weighted by Gasteiger charge is -2.14. The van der Waals surface area contributed by atoms with Gasteiger partial charge >= 0.3 is 5.97 Å². The summed E-state index contributed by atoms with van der Waals surface area (Å²) in [6.45, 7) is 5.14. The number of hydrogen-bond acceptors (Lipinski definition) is 5. The molecule has 0 aliphatic carbocycles. The third-order valence-corrected chi connectivity index (χ3v) is 5.02. The molecular formula is C23H27N3O4. The summed E-state index contributed by atoms with van der Waals surface area (Å²) in [7, 11) is 1.33. The number of hydrogen-bond donors (Lipinski definition) is 2. The zero-order valence-corrected chi connectivity index (χ0v) is 17.5. The summed E-state index contributed by atoms with van der Waals surface area (Å²) < 4.78 is 10.4. The fourth-order valence-corrected chi connectivity index (χ4v) is 3.13. The molecule has 30 heavy (non-hydrogen) atoms. The van der Waals surface area contributed by atoms with Crippen LogP contribution in [0.2, 0.25) is 0 Å². The maximum Gasteiger partial charge on any atom is 0.337 e. The van der Waals surface area contributed by atoms with Crippen LogP contribution in [0.25, 0.3) is 0 Å². The Morgan fingerprint density at radius 1 is 1.13 bits per heavy atom. The minimum Gasteiger partial charge on any atom is -0.465 e. The maximum atomic E-state index is 12.8. The zero-order valence-electron chi connectivity index (χ0n) is 17.5. The van der Waals surface area contributed by atoms with Crippen LogP contribution in [-0.2, 0) is 9.47 Å². The number of methoxy groups -OCH3 is 1.